The van der Waals surface area contributed by atoms with Crippen molar-refractivity contribution in [2.45, 2.75) is 6.92 Å². The summed E-state index contributed by atoms with van der Waals surface area (Å²) in [6, 6.07) is 9.76. The summed E-state index contributed by atoms with van der Waals surface area (Å²) in [7, 11) is 1.48. The molecule has 5 nitrogen and oxygen atoms in total. The van der Waals surface area contributed by atoms with Crippen LogP contribution in [0.25, 0.3) is 0 Å². The minimum absolute atomic E-state index is 0.332. The van der Waals surface area contributed by atoms with Crippen LogP contribution in [0.5, 0.6) is 5.75 Å². The minimum Gasteiger partial charge on any atom is -0.495 e. The molecule has 0 saturated carbocycles. The number of hydrogen-bond donors (Lipinski definition) is 2. The second kappa shape index (κ2) is 7.35. The standard InChI is InChI=1S/C16H14Cl2N2O3/c1-9-3-4-14(23-2)13(5-9)20-16(22)15(21)19-12-7-10(17)6-11(18)8-12/h3-8H,1-2H3,(H,19,21)(H,20,22). The predicted octanol–water partition coefficient (Wildman–Crippen LogP) is 3.89. The molecule has 0 atom stereocenters. The number of hydrogen-bond acceptors (Lipinski definition) is 3. The zero-order valence-electron chi connectivity index (χ0n) is 12.4. The Bertz CT molecular complexity index is 743. The molecule has 0 bridgehead atoms. The van der Waals surface area contributed by atoms with Gasteiger partial charge in [0.1, 0.15) is 5.75 Å². The number of methoxy groups -OCH3 is 1. The van der Waals surface area contributed by atoms with Gasteiger partial charge in [-0.15, -0.1) is 0 Å². The Kier molecular flexibility index (Phi) is 5.47. The molecule has 2 aromatic rings. The largest absolute Gasteiger partial charge is 0.495 e. The van der Waals surface area contributed by atoms with Crippen LogP contribution in [0.4, 0.5) is 11.4 Å². The van der Waals surface area contributed by atoms with Crippen molar-refractivity contribution in [1.82, 2.24) is 0 Å². The lowest BCUT2D eigenvalue weighted by Crippen LogP contribution is -2.29. The Hall–Kier alpha value is -2.24. The molecule has 0 aromatic heterocycles. The predicted molar refractivity (Wildman–Crippen MR) is 91.5 cm³/mol. The van der Waals surface area contributed by atoms with Crippen molar-refractivity contribution < 1.29 is 14.3 Å². The summed E-state index contributed by atoms with van der Waals surface area (Å²) >= 11 is 11.7. The second-order valence-electron chi connectivity index (χ2n) is 4.77. The number of halogens is 2. The number of nitrogens with one attached hydrogen (secondary N) is 2. The van der Waals surface area contributed by atoms with E-state index in [1.165, 1.54) is 25.3 Å². The molecule has 0 aliphatic heterocycles. The monoisotopic (exact) mass is 352 g/mol. The third-order valence-corrected chi connectivity index (χ3v) is 3.37. The summed E-state index contributed by atoms with van der Waals surface area (Å²) in [6.45, 7) is 1.86. The van der Waals surface area contributed by atoms with E-state index in [-0.39, 0.29) is 0 Å². The summed E-state index contributed by atoms with van der Waals surface area (Å²) in [6.07, 6.45) is 0. The molecule has 0 spiro atoms. The van der Waals surface area contributed by atoms with E-state index < -0.39 is 11.8 Å². The maximum Gasteiger partial charge on any atom is 0.314 e. The molecule has 0 fully saturated rings. The van der Waals surface area contributed by atoms with Crippen molar-refractivity contribution >= 4 is 46.4 Å². The van der Waals surface area contributed by atoms with E-state index in [4.69, 9.17) is 27.9 Å². The van der Waals surface area contributed by atoms with E-state index in [0.29, 0.717) is 27.2 Å². The molecule has 0 aliphatic carbocycles. The molecule has 0 radical (unpaired) electrons. The second-order valence-corrected chi connectivity index (χ2v) is 5.64. The van der Waals surface area contributed by atoms with Crippen molar-refractivity contribution in [3.05, 3.63) is 52.0 Å². The number of aryl methyl sites for hydroxylation is 1. The molecular weight excluding hydrogens is 339 g/mol. The van der Waals surface area contributed by atoms with Gasteiger partial charge in [0.05, 0.1) is 12.8 Å². The zero-order chi connectivity index (χ0) is 17.0. The first-order chi connectivity index (χ1) is 10.9. The Balaban J connectivity index is 2.11. The molecule has 7 heteroatoms. The van der Waals surface area contributed by atoms with Crippen molar-refractivity contribution in [3.63, 3.8) is 0 Å². The summed E-state index contributed by atoms with van der Waals surface area (Å²) in [4.78, 5) is 24.0. The molecule has 2 N–H and O–H groups in total. The lowest BCUT2D eigenvalue weighted by atomic mass is 10.2. The lowest BCUT2D eigenvalue weighted by Gasteiger charge is -2.11. The van der Waals surface area contributed by atoms with Crippen LogP contribution >= 0.6 is 23.2 Å². The van der Waals surface area contributed by atoms with Gasteiger partial charge in [0, 0.05) is 15.7 Å². The Labute approximate surface area is 143 Å². The SMILES string of the molecule is COc1ccc(C)cc1NC(=O)C(=O)Nc1cc(Cl)cc(Cl)c1. The lowest BCUT2D eigenvalue weighted by molar-refractivity contribution is -0.133. The first-order valence-electron chi connectivity index (χ1n) is 6.62. The van der Waals surface area contributed by atoms with Crippen molar-refractivity contribution in [1.29, 1.82) is 0 Å². The normalized spacial score (nSPS) is 10.1. The van der Waals surface area contributed by atoms with E-state index in [9.17, 15) is 9.59 Å². The molecular formula is C16H14Cl2N2O3. The topological polar surface area (TPSA) is 67.4 Å². The number of anilines is 2. The molecule has 23 heavy (non-hydrogen) atoms. The van der Waals surface area contributed by atoms with Crippen molar-refractivity contribution in [3.8, 4) is 5.75 Å². The molecule has 2 aromatic carbocycles. The summed E-state index contributed by atoms with van der Waals surface area (Å²) < 4.78 is 5.15. The van der Waals surface area contributed by atoms with Crippen LogP contribution < -0.4 is 15.4 Å². The molecule has 2 amide bonds. The van der Waals surface area contributed by atoms with Crippen LogP contribution in [0.1, 0.15) is 5.56 Å². The minimum atomic E-state index is -0.841. The van der Waals surface area contributed by atoms with Crippen LogP contribution in [0.3, 0.4) is 0 Å². The Morgan fingerprint density at radius 2 is 1.57 bits per heavy atom. The van der Waals surface area contributed by atoms with Crippen molar-refractivity contribution in [2.75, 3.05) is 17.7 Å². The highest BCUT2D eigenvalue weighted by molar-refractivity contribution is 6.44. The maximum absolute atomic E-state index is 12.0. The number of amides is 2. The number of ether oxygens (including phenoxy) is 1. The first-order valence-corrected chi connectivity index (χ1v) is 7.37. The van der Waals surface area contributed by atoms with Crippen LogP contribution in [0.2, 0.25) is 10.0 Å². The number of carbonyl (C=O) groups excluding carboxylic acids is 2. The van der Waals surface area contributed by atoms with Gasteiger partial charge in [-0.05, 0) is 42.8 Å². The molecule has 120 valence electrons. The average molecular weight is 353 g/mol. The van der Waals surface area contributed by atoms with Crippen LogP contribution in [0, 0.1) is 6.92 Å². The fourth-order valence-corrected chi connectivity index (χ4v) is 2.44. The zero-order valence-corrected chi connectivity index (χ0v) is 14.0. The fraction of sp³-hybridized carbons (Fsp3) is 0.125. The van der Waals surface area contributed by atoms with Gasteiger partial charge in [-0.25, -0.2) is 0 Å². The molecule has 0 aliphatic rings. The van der Waals surface area contributed by atoms with Gasteiger partial charge < -0.3 is 15.4 Å². The van der Waals surface area contributed by atoms with E-state index in [1.54, 1.807) is 12.1 Å². The summed E-state index contributed by atoms with van der Waals surface area (Å²) in [5, 5.41) is 5.65. The third kappa shape index (κ3) is 4.61. The number of benzene rings is 2. The number of carbonyl (C=O) groups is 2. The van der Waals surface area contributed by atoms with Gasteiger partial charge >= 0.3 is 11.8 Å². The maximum atomic E-state index is 12.0. The fourth-order valence-electron chi connectivity index (χ4n) is 1.91. The average Bonchev–Trinajstić information content (AvgIpc) is 2.46. The smallest absolute Gasteiger partial charge is 0.314 e. The first kappa shape index (κ1) is 17.1. The van der Waals surface area contributed by atoms with Crippen LogP contribution in [-0.4, -0.2) is 18.9 Å². The highest BCUT2D eigenvalue weighted by atomic mass is 35.5. The van der Waals surface area contributed by atoms with Gasteiger partial charge in [0.2, 0.25) is 0 Å². The molecule has 0 heterocycles. The van der Waals surface area contributed by atoms with E-state index >= 15 is 0 Å². The van der Waals surface area contributed by atoms with Gasteiger partial charge in [-0.3, -0.25) is 9.59 Å². The van der Waals surface area contributed by atoms with E-state index in [0.717, 1.165) is 5.56 Å². The highest BCUT2D eigenvalue weighted by Crippen LogP contribution is 2.25. The third-order valence-electron chi connectivity index (χ3n) is 2.93. The van der Waals surface area contributed by atoms with Gasteiger partial charge in [0.25, 0.3) is 0 Å². The Morgan fingerprint density at radius 3 is 2.17 bits per heavy atom. The van der Waals surface area contributed by atoms with Gasteiger partial charge in [-0.2, -0.15) is 0 Å². The number of rotatable bonds is 3. The summed E-state index contributed by atoms with van der Waals surface area (Å²) in [5.41, 5.74) is 1.67. The van der Waals surface area contributed by atoms with E-state index in [1.807, 2.05) is 13.0 Å². The Morgan fingerprint density at radius 1 is 0.957 bits per heavy atom. The molecule has 2 rings (SSSR count). The van der Waals surface area contributed by atoms with Crippen LogP contribution in [0.15, 0.2) is 36.4 Å². The van der Waals surface area contributed by atoms with Gasteiger partial charge in [-0.1, -0.05) is 29.3 Å². The van der Waals surface area contributed by atoms with Crippen LogP contribution in [-0.2, 0) is 9.59 Å². The quantitative estimate of drug-likeness (QED) is 0.823. The van der Waals surface area contributed by atoms with Crippen molar-refractivity contribution in [2.24, 2.45) is 0 Å². The highest BCUT2D eigenvalue weighted by Gasteiger charge is 2.16. The molecule has 0 saturated heterocycles. The van der Waals surface area contributed by atoms with E-state index in [2.05, 4.69) is 10.6 Å². The van der Waals surface area contributed by atoms with Gasteiger partial charge in [0.15, 0.2) is 0 Å². The molecule has 0 unspecified atom stereocenters. The summed E-state index contributed by atoms with van der Waals surface area (Å²) in [5.74, 6) is -1.21.